The zero-order valence-electron chi connectivity index (χ0n) is 19.1. The molecule has 2 aromatic carbocycles. The minimum Gasteiger partial charge on any atom is -0.465 e. The number of rotatable bonds is 5. The largest absolute Gasteiger partial charge is 0.465 e. The van der Waals surface area contributed by atoms with Crippen molar-refractivity contribution in [1.82, 2.24) is 0 Å². The molecule has 0 N–H and O–H groups in total. The smallest absolute Gasteiger partial charge is 0.317 e. The minimum atomic E-state index is -1.02. The van der Waals surface area contributed by atoms with Crippen LogP contribution in [-0.2, 0) is 19.1 Å². The van der Waals surface area contributed by atoms with Crippen LogP contribution in [0.25, 0.3) is 0 Å². The predicted molar refractivity (Wildman–Crippen MR) is 132 cm³/mol. The Hall–Kier alpha value is -3.58. The van der Waals surface area contributed by atoms with Crippen molar-refractivity contribution >= 4 is 34.7 Å². The summed E-state index contributed by atoms with van der Waals surface area (Å²) in [6, 6.07) is 19.1. The minimum absolute atomic E-state index is 0.00212. The van der Waals surface area contributed by atoms with E-state index in [9.17, 15) is 18.8 Å². The standard InChI is InChI=1S/C28H24FNO4S/c1-2-34-28(33)26-19(23-13-8-14-35-23)15-22-25(27(26)32)18(17-9-4-3-5-10-17)16-24(31)30(22)21-12-7-6-11-20(21)29/h3-14,18-19,26H,2,15-16H2,1H3/t18-,19-,26+/m0/s1. The molecule has 0 saturated heterocycles. The van der Waals surface area contributed by atoms with Crippen LogP contribution in [0.5, 0.6) is 0 Å². The molecule has 3 atom stereocenters. The van der Waals surface area contributed by atoms with Gasteiger partial charge in [-0.05, 0) is 42.5 Å². The van der Waals surface area contributed by atoms with Crippen LogP contribution in [0.3, 0.4) is 0 Å². The predicted octanol–water partition coefficient (Wildman–Crippen LogP) is 5.60. The SMILES string of the molecule is CCOC(=O)[C@H]1C(=O)C2=C(C[C@H]1c1cccs1)N(c1ccccc1F)C(=O)C[C@H]2c1ccccc1. The van der Waals surface area contributed by atoms with Crippen LogP contribution >= 0.6 is 11.3 Å². The molecule has 2 aliphatic rings. The Morgan fingerprint density at radius 1 is 1.03 bits per heavy atom. The van der Waals surface area contributed by atoms with Gasteiger partial charge in [-0.2, -0.15) is 0 Å². The van der Waals surface area contributed by atoms with E-state index in [1.165, 1.54) is 22.3 Å². The second kappa shape index (κ2) is 9.58. The fourth-order valence-corrected chi connectivity index (χ4v) is 6.05. The molecule has 7 heteroatoms. The van der Waals surface area contributed by atoms with Gasteiger partial charge in [0.15, 0.2) is 5.78 Å². The Kier molecular flexibility index (Phi) is 6.34. The quantitative estimate of drug-likeness (QED) is 0.346. The lowest BCUT2D eigenvalue weighted by molar-refractivity contribution is -0.152. The van der Waals surface area contributed by atoms with Crippen molar-refractivity contribution < 1.29 is 23.5 Å². The number of anilines is 1. The molecule has 3 aromatic rings. The van der Waals surface area contributed by atoms with Crippen LogP contribution in [0, 0.1) is 11.7 Å². The van der Waals surface area contributed by atoms with Gasteiger partial charge in [0.2, 0.25) is 5.91 Å². The molecule has 35 heavy (non-hydrogen) atoms. The zero-order valence-corrected chi connectivity index (χ0v) is 20.0. The van der Waals surface area contributed by atoms with Gasteiger partial charge in [-0.25, -0.2) is 4.39 Å². The first-order valence-corrected chi connectivity index (χ1v) is 12.5. The second-order valence-corrected chi connectivity index (χ2v) is 9.61. The first-order chi connectivity index (χ1) is 17.0. The highest BCUT2D eigenvalue weighted by atomic mass is 32.1. The number of carbonyl (C=O) groups is 3. The van der Waals surface area contributed by atoms with Crippen LogP contribution in [0.15, 0.2) is 83.4 Å². The molecule has 0 unspecified atom stereocenters. The fourth-order valence-electron chi connectivity index (χ4n) is 5.18. The number of carbonyl (C=O) groups excluding carboxylic acids is 3. The maximum Gasteiger partial charge on any atom is 0.317 e. The van der Waals surface area contributed by atoms with Gasteiger partial charge in [-0.3, -0.25) is 19.3 Å². The van der Waals surface area contributed by atoms with Crippen molar-refractivity contribution in [1.29, 1.82) is 0 Å². The molecular formula is C28H24FNO4S. The lowest BCUT2D eigenvalue weighted by atomic mass is 9.69. The summed E-state index contributed by atoms with van der Waals surface area (Å²) in [6.45, 7) is 1.87. The van der Waals surface area contributed by atoms with Gasteiger partial charge in [0.05, 0.1) is 12.3 Å². The highest BCUT2D eigenvalue weighted by molar-refractivity contribution is 7.10. The summed E-state index contributed by atoms with van der Waals surface area (Å²) >= 11 is 1.45. The van der Waals surface area contributed by atoms with Gasteiger partial charge < -0.3 is 4.74 Å². The highest BCUT2D eigenvalue weighted by Gasteiger charge is 2.50. The Morgan fingerprint density at radius 2 is 1.77 bits per heavy atom. The topological polar surface area (TPSA) is 63.7 Å². The van der Waals surface area contributed by atoms with E-state index in [0.717, 1.165) is 10.4 Å². The molecule has 5 rings (SSSR count). The molecule has 5 nitrogen and oxygen atoms in total. The van der Waals surface area contributed by atoms with E-state index in [2.05, 4.69) is 0 Å². The molecule has 1 aromatic heterocycles. The normalized spacial score (nSPS) is 22.2. The number of thiophene rings is 1. The molecular weight excluding hydrogens is 465 g/mol. The number of esters is 1. The van der Waals surface area contributed by atoms with Crippen LogP contribution in [0.1, 0.15) is 42.0 Å². The molecule has 0 radical (unpaired) electrons. The molecule has 2 heterocycles. The van der Waals surface area contributed by atoms with Gasteiger partial charge in [0, 0.05) is 34.4 Å². The number of benzene rings is 2. The molecule has 0 saturated carbocycles. The lowest BCUT2D eigenvalue weighted by Gasteiger charge is -2.42. The number of hydrogen-bond donors (Lipinski definition) is 0. The molecule has 0 bridgehead atoms. The van der Waals surface area contributed by atoms with Crippen LogP contribution in [0.4, 0.5) is 10.1 Å². The Morgan fingerprint density at radius 3 is 2.46 bits per heavy atom. The van der Waals surface area contributed by atoms with Crippen molar-refractivity contribution in [2.45, 2.75) is 31.6 Å². The first kappa shape index (κ1) is 23.2. The van der Waals surface area contributed by atoms with Gasteiger partial charge in [0.25, 0.3) is 0 Å². The fraction of sp³-hybridized carbons (Fsp3) is 0.250. The van der Waals surface area contributed by atoms with Crippen LogP contribution in [-0.4, -0.2) is 24.3 Å². The lowest BCUT2D eigenvalue weighted by Crippen LogP contribution is -2.46. The molecule has 1 aliphatic carbocycles. The average Bonchev–Trinajstić information content (AvgIpc) is 3.40. The Bertz CT molecular complexity index is 1300. The van der Waals surface area contributed by atoms with Crippen molar-refractivity contribution in [3.8, 4) is 0 Å². The number of nitrogens with zero attached hydrogens (tertiary/aromatic N) is 1. The van der Waals surface area contributed by atoms with E-state index in [1.807, 2.05) is 47.8 Å². The maximum atomic E-state index is 14.9. The van der Waals surface area contributed by atoms with Crippen molar-refractivity contribution in [2.24, 2.45) is 5.92 Å². The van der Waals surface area contributed by atoms with E-state index in [4.69, 9.17) is 4.74 Å². The molecule has 0 spiro atoms. The van der Waals surface area contributed by atoms with Gasteiger partial charge in [-0.15, -0.1) is 11.3 Å². The number of para-hydroxylation sites is 1. The summed E-state index contributed by atoms with van der Waals surface area (Å²) in [7, 11) is 0. The van der Waals surface area contributed by atoms with Gasteiger partial charge in [-0.1, -0.05) is 48.5 Å². The second-order valence-electron chi connectivity index (χ2n) is 8.63. The first-order valence-electron chi connectivity index (χ1n) is 11.6. The zero-order chi connectivity index (χ0) is 24.5. The van der Waals surface area contributed by atoms with Gasteiger partial charge in [0.1, 0.15) is 11.7 Å². The molecule has 1 amide bonds. The summed E-state index contributed by atoms with van der Waals surface area (Å²) in [5.41, 5.74) is 1.78. The summed E-state index contributed by atoms with van der Waals surface area (Å²) < 4.78 is 20.3. The summed E-state index contributed by atoms with van der Waals surface area (Å²) in [6.07, 6.45) is 0.247. The van der Waals surface area contributed by atoms with Crippen LogP contribution < -0.4 is 4.90 Å². The third kappa shape index (κ3) is 4.10. The Balaban J connectivity index is 1.73. The van der Waals surface area contributed by atoms with Crippen molar-refractivity contribution in [2.75, 3.05) is 11.5 Å². The van der Waals surface area contributed by atoms with Gasteiger partial charge >= 0.3 is 5.97 Å². The number of amides is 1. The summed E-state index contributed by atoms with van der Waals surface area (Å²) in [4.78, 5) is 43.0. The van der Waals surface area contributed by atoms with E-state index in [0.29, 0.717) is 11.3 Å². The van der Waals surface area contributed by atoms with Crippen molar-refractivity contribution in [3.63, 3.8) is 0 Å². The number of ketones is 1. The third-order valence-corrected chi connectivity index (χ3v) is 7.67. The van der Waals surface area contributed by atoms with E-state index >= 15 is 0 Å². The number of hydrogen-bond acceptors (Lipinski definition) is 5. The third-order valence-electron chi connectivity index (χ3n) is 6.67. The van der Waals surface area contributed by atoms with Crippen molar-refractivity contribution in [3.05, 3.63) is 99.6 Å². The van der Waals surface area contributed by atoms with Crippen LogP contribution in [0.2, 0.25) is 0 Å². The number of ether oxygens (including phenoxy) is 1. The highest BCUT2D eigenvalue weighted by Crippen LogP contribution is 2.50. The molecule has 178 valence electrons. The summed E-state index contributed by atoms with van der Waals surface area (Å²) in [5, 5.41) is 1.89. The molecule has 1 aliphatic heterocycles. The Labute approximate surface area is 206 Å². The van der Waals surface area contributed by atoms with E-state index in [-0.39, 0.29) is 36.8 Å². The summed E-state index contributed by atoms with van der Waals surface area (Å²) in [5.74, 6) is -3.79. The number of Topliss-reactive ketones (excluding diaryl/α,β-unsaturated/α-hetero) is 1. The molecule has 0 fully saturated rings. The average molecular weight is 490 g/mol. The maximum absolute atomic E-state index is 14.9. The monoisotopic (exact) mass is 489 g/mol. The van der Waals surface area contributed by atoms with E-state index in [1.54, 1.807) is 25.1 Å². The number of halogens is 1. The van der Waals surface area contributed by atoms with E-state index < -0.39 is 29.5 Å². The number of allylic oxidation sites excluding steroid dienone is 2.